The standard InChI is InChI=1S/C14H11Cl3N2O/c1-7-2-3-8(4-12(7)18)14(20)19-13-6-10(16)9(15)5-11(13)17/h2-6H,18H2,1H3,(H,19,20). The van der Waals surface area contributed by atoms with Crippen LogP contribution in [0.5, 0.6) is 0 Å². The highest BCUT2D eigenvalue weighted by molar-refractivity contribution is 6.44. The van der Waals surface area contributed by atoms with Crippen molar-refractivity contribution in [3.05, 3.63) is 56.5 Å². The summed E-state index contributed by atoms with van der Waals surface area (Å²) in [6.07, 6.45) is 0. The summed E-state index contributed by atoms with van der Waals surface area (Å²) < 4.78 is 0. The van der Waals surface area contributed by atoms with Crippen LogP contribution in [-0.2, 0) is 0 Å². The van der Waals surface area contributed by atoms with Crippen molar-refractivity contribution in [3.8, 4) is 0 Å². The first kappa shape index (κ1) is 15.0. The van der Waals surface area contributed by atoms with Gasteiger partial charge in [0.2, 0.25) is 0 Å². The van der Waals surface area contributed by atoms with Gasteiger partial charge < -0.3 is 11.1 Å². The van der Waals surface area contributed by atoms with E-state index in [1.165, 1.54) is 12.1 Å². The van der Waals surface area contributed by atoms with E-state index in [1.807, 2.05) is 6.92 Å². The van der Waals surface area contributed by atoms with Crippen LogP contribution in [0.3, 0.4) is 0 Å². The van der Waals surface area contributed by atoms with Crippen molar-refractivity contribution in [2.24, 2.45) is 0 Å². The van der Waals surface area contributed by atoms with Crippen LogP contribution in [0.15, 0.2) is 30.3 Å². The van der Waals surface area contributed by atoms with Crippen molar-refractivity contribution in [3.63, 3.8) is 0 Å². The Kier molecular flexibility index (Phi) is 4.43. The van der Waals surface area contributed by atoms with E-state index >= 15 is 0 Å². The molecule has 104 valence electrons. The summed E-state index contributed by atoms with van der Waals surface area (Å²) in [7, 11) is 0. The van der Waals surface area contributed by atoms with Crippen molar-refractivity contribution in [1.82, 2.24) is 0 Å². The first-order chi connectivity index (χ1) is 9.38. The minimum atomic E-state index is -0.322. The molecule has 0 saturated carbocycles. The van der Waals surface area contributed by atoms with Crippen LogP contribution in [0.2, 0.25) is 15.1 Å². The fourth-order valence-electron chi connectivity index (χ4n) is 1.59. The maximum Gasteiger partial charge on any atom is 0.255 e. The molecule has 0 heterocycles. The summed E-state index contributed by atoms with van der Waals surface area (Å²) >= 11 is 17.7. The molecular formula is C14H11Cl3N2O. The summed E-state index contributed by atoms with van der Waals surface area (Å²) in [5, 5.41) is 3.63. The number of anilines is 2. The van der Waals surface area contributed by atoms with Crippen molar-refractivity contribution >= 4 is 52.1 Å². The van der Waals surface area contributed by atoms with Crippen LogP contribution in [0.25, 0.3) is 0 Å². The SMILES string of the molecule is Cc1ccc(C(=O)Nc2cc(Cl)c(Cl)cc2Cl)cc1N. The van der Waals surface area contributed by atoms with Crippen LogP contribution in [0.1, 0.15) is 15.9 Å². The highest BCUT2D eigenvalue weighted by atomic mass is 35.5. The Morgan fingerprint density at radius 3 is 2.35 bits per heavy atom. The molecule has 3 N–H and O–H groups in total. The third kappa shape index (κ3) is 3.18. The minimum Gasteiger partial charge on any atom is -0.398 e. The van der Waals surface area contributed by atoms with E-state index in [-0.39, 0.29) is 5.91 Å². The molecule has 0 atom stereocenters. The van der Waals surface area contributed by atoms with Gasteiger partial charge in [0.25, 0.3) is 5.91 Å². The zero-order chi connectivity index (χ0) is 14.9. The van der Waals surface area contributed by atoms with Crippen molar-refractivity contribution in [1.29, 1.82) is 0 Å². The average molecular weight is 330 g/mol. The summed E-state index contributed by atoms with van der Waals surface area (Å²) in [5.74, 6) is -0.322. The van der Waals surface area contributed by atoms with Gasteiger partial charge >= 0.3 is 0 Å². The number of benzene rings is 2. The molecule has 2 aromatic carbocycles. The lowest BCUT2D eigenvalue weighted by molar-refractivity contribution is 0.102. The van der Waals surface area contributed by atoms with Crippen LogP contribution in [0, 0.1) is 6.92 Å². The molecule has 0 radical (unpaired) electrons. The topological polar surface area (TPSA) is 55.1 Å². The van der Waals surface area contributed by atoms with E-state index in [4.69, 9.17) is 40.5 Å². The van der Waals surface area contributed by atoms with Gasteiger partial charge in [-0.2, -0.15) is 0 Å². The van der Waals surface area contributed by atoms with Crippen LogP contribution >= 0.6 is 34.8 Å². The number of nitrogen functional groups attached to an aromatic ring is 1. The summed E-state index contributed by atoms with van der Waals surface area (Å²) in [4.78, 5) is 12.1. The van der Waals surface area contributed by atoms with E-state index in [2.05, 4.69) is 5.32 Å². The van der Waals surface area contributed by atoms with Crippen LogP contribution < -0.4 is 11.1 Å². The molecule has 0 fully saturated rings. The predicted molar refractivity (Wildman–Crippen MR) is 85.0 cm³/mol. The molecule has 3 nitrogen and oxygen atoms in total. The van der Waals surface area contributed by atoms with E-state index in [0.29, 0.717) is 32.0 Å². The predicted octanol–water partition coefficient (Wildman–Crippen LogP) is 4.79. The Balaban J connectivity index is 2.27. The third-order valence-electron chi connectivity index (χ3n) is 2.80. The van der Waals surface area contributed by atoms with Gasteiger partial charge in [-0.15, -0.1) is 0 Å². The van der Waals surface area contributed by atoms with Gasteiger partial charge in [0.15, 0.2) is 0 Å². The van der Waals surface area contributed by atoms with Gasteiger partial charge in [-0.25, -0.2) is 0 Å². The van der Waals surface area contributed by atoms with Gasteiger partial charge in [-0.05, 0) is 36.8 Å². The lowest BCUT2D eigenvalue weighted by Gasteiger charge is -2.10. The molecule has 0 bridgehead atoms. The molecule has 20 heavy (non-hydrogen) atoms. The Bertz CT molecular complexity index is 686. The smallest absolute Gasteiger partial charge is 0.255 e. The first-order valence-electron chi connectivity index (χ1n) is 5.70. The number of halogens is 3. The molecule has 0 aliphatic carbocycles. The second kappa shape index (κ2) is 5.92. The highest BCUT2D eigenvalue weighted by Gasteiger charge is 2.11. The highest BCUT2D eigenvalue weighted by Crippen LogP contribution is 2.32. The number of hydrogen-bond donors (Lipinski definition) is 2. The molecule has 0 aliphatic rings. The normalized spacial score (nSPS) is 10.4. The molecule has 2 aromatic rings. The maximum atomic E-state index is 12.1. The van der Waals surface area contributed by atoms with Crippen molar-refractivity contribution < 1.29 is 4.79 Å². The van der Waals surface area contributed by atoms with E-state index in [9.17, 15) is 4.79 Å². The van der Waals surface area contributed by atoms with Crippen LogP contribution in [0.4, 0.5) is 11.4 Å². The lowest BCUT2D eigenvalue weighted by Crippen LogP contribution is -2.12. The molecule has 2 rings (SSSR count). The van der Waals surface area contributed by atoms with E-state index < -0.39 is 0 Å². The number of aryl methyl sites for hydroxylation is 1. The molecule has 0 saturated heterocycles. The Morgan fingerprint density at radius 1 is 1.05 bits per heavy atom. The van der Waals surface area contributed by atoms with E-state index in [0.717, 1.165) is 5.56 Å². The molecule has 0 aliphatic heterocycles. The Labute approximate surface area is 131 Å². The zero-order valence-electron chi connectivity index (χ0n) is 10.5. The number of nitrogens with two attached hydrogens (primary N) is 1. The number of hydrogen-bond acceptors (Lipinski definition) is 2. The number of carbonyl (C=O) groups is 1. The zero-order valence-corrected chi connectivity index (χ0v) is 12.8. The van der Waals surface area contributed by atoms with Gasteiger partial charge in [0.05, 0.1) is 20.8 Å². The van der Waals surface area contributed by atoms with Gasteiger partial charge in [-0.1, -0.05) is 40.9 Å². The molecule has 0 aromatic heterocycles. The number of amides is 1. The maximum absolute atomic E-state index is 12.1. The van der Waals surface area contributed by atoms with Gasteiger partial charge in [0, 0.05) is 11.3 Å². The fraction of sp³-hybridized carbons (Fsp3) is 0.0714. The van der Waals surface area contributed by atoms with Crippen LogP contribution in [-0.4, -0.2) is 5.91 Å². The number of carbonyl (C=O) groups excluding carboxylic acids is 1. The third-order valence-corrected chi connectivity index (χ3v) is 3.83. The lowest BCUT2D eigenvalue weighted by atomic mass is 10.1. The van der Waals surface area contributed by atoms with Crippen molar-refractivity contribution in [2.75, 3.05) is 11.1 Å². The summed E-state index contributed by atoms with van der Waals surface area (Å²) in [6.45, 7) is 1.87. The average Bonchev–Trinajstić information content (AvgIpc) is 2.39. The quantitative estimate of drug-likeness (QED) is 0.615. The van der Waals surface area contributed by atoms with Gasteiger partial charge in [-0.3, -0.25) is 4.79 Å². The Hall–Kier alpha value is -1.42. The first-order valence-corrected chi connectivity index (χ1v) is 6.84. The molecule has 1 amide bonds. The monoisotopic (exact) mass is 328 g/mol. The van der Waals surface area contributed by atoms with Crippen molar-refractivity contribution in [2.45, 2.75) is 6.92 Å². The second-order valence-electron chi connectivity index (χ2n) is 4.27. The molecule has 0 unspecified atom stereocenters. The minimum absolute atomic E-state index is 0.313. The summed E-state index contributed by atoms with van der Waals surface area (Å²) in [5.41, 5.74) is 8.08. The number of rotatable bonds is 2. The molecule has 6 heteroatoms. The number of nitrogens with one attached hydrogen (secondary N) is 1. The Morgan fingerprint density at radius 2 is 1.70 bits per heavy atom. The second-order valence-corrected chi connectivity index (χ2v) is 5.49. The van der Waals surface area contributed by atoms with Gasteiger partial charge in [0.1, 0.15) is 0 Å². The fourth-order valence-corrected chi connectivity index (χ4v) is 2.19. The summed E-state index contributed by atoms with van der Waals surface area (Å²) in [6, 6.07) is 8.05. The van der Waals surface area contributed by atoms with E-state index in [1.54, 1.807) is 18.2 Å². The largest absolute Gasteiger partial charge is 0.398 e. The molecule has 0 spiro atoms. The molecular weight excluding hydrogens is 319 g/mol.